The molecule has 0 aliphatic rings. The molecule has 30 heavy (non-hydrogen) atoms. The van der Waals surface area contributed by atoms with Gasteiger partial charge in [0.2, 0.25) is 17.7 Å². The van der Waals surface area contributed by atoms with E-state index in [-0.39, 0.29) is 12.3 Å². The van der Waals surface area contributed by atoms with Crippen LogP contribution in [0.5, 0.6) is 0 Å². The summed E-state index contributed by atoms with van der Waals surface area (Å²) in [5.74, 6) is -3.08. The number of nitrogens with one attached hydrogen (secondary N) is 3. The third kappa shape index (κ3) is 9.01. The Labute approximate surface area is 175 Å². The molecule has 0 aliphatic heterocycles. The molecule has 7 N–H and O–H groups in total. The van der Waals surface area contributed by atoms with E-state index in [1.165, 1.54) is 0 Å². The Bertz CT molecular complexity index is 725. The monoisotopic (exact) mass is 422 g/mol. The minimum absolute atomic E-state index is 0.183. The fourth-order valence-corrected chi connectivity index (χ4v) is 2.67. The Balaban J connectivity index is 2.77. The van der Waals surface area contributed by atoms with Gasteiger partial charge in [0.1, 0.15) is 12.1 Å². The highest BCUT2D eigenvalue weighted by Gasteiger charge is 2.25. The number of hydrogen-bond donors (Lipinski definition) is 6. The summed E-state index contributed by atoms with van der Waals surface area (Å²) in [5.41, 5.74) is 6.69. The van der Waals surface area contributed by atoms with Gasteiger partial charge in [-0.3, -0.25) is 14.4 Å². The van der Waals surface area contributed by atoms with Crippen LogP contribution in [0.25, 0.3) is 0 Å². The molecule has 0 spiro atoms. The standard InChI is InChI=1S/C20H30N4O6/c1-12(2)8-14(21)18(27)24-15(9-13-6-4-3-5-7-13)19(28)22-10-17(26)23-16(11-25)20(29)30/h3-7,12,14-16,25H,8-11,21H2,1-2H3,(H,22,28)(H,23,26)(H,24,27)(H,29,30). The third-order valence-electron chi connectivity index (χ3n) is 4.22. The molecule has 10 heteroatoms. The van der Waals surface area contributed by atoms with Crippen LogP contribution in [0.1, 0.15) is 25.8 Å². The summed E-state index contributed by atoms with van der Waals surface area (Å²) in [6.07, 6.45) is 0.633. The van der Waals surface area contributed by atoms with Gasteiger partial charge in [-0.15, -0.1) is 0 Å². The second-order valence-electron chi connectivity index (χ2n) is 7.35. The maximum absolute atomic E-state index is 12.6. The highest BCUT2D eigenvalue weighted by molar-refractivity contribution is 5.92. The number of hydrogen-bond acceptors (Lipinski definition) is 6. The predicted octanol–water partition coefficient (Wildman–Crippen LogP) is -1.23. The van der Waals surface area contributed by atoms with Gasteiger partial charge in [-0.25, -0.2) is 4.79 Å². The number of carboxylic acid groups (broad SMARTS) is 1. The van der Waals surface area contributed by atoms with Gasteiger partial charge in [0.05, 0.1) is 19.2 Å². The Morgan fingerprint density at radius 2 is 1.63 bits per heavy atom. The van der Waals surface area contributed by atoms with E-state index in [1.54, 1.807) is 24.3 Å². The van der Waals surface area contributed by atoms with Gasteiger partial charge < -0.3 is 31.9 Å². The number of carbonyl (C=O) groups excluding carboxylic acids is 3. The van der Waals surface area contributed by atoms with E-state index in [9.17, 15) is 19.2 Å². The van der Waals surface area contributed by atoms with Crippen molar-refractivity contribution in [2.45, 2.75) is 44.8 Å². The summed E-state index contributed by atoms with van der Waals surface area (Å²) in [6, 6.07) is 5.79. The fourth-order valence-electron chi connectivity index (χ4n) is 2.67. The number of rotatable bonds is 12. The SMILES string of the molecule is CC(C)CC(N)C(=O)NC(Cc1ccccc1)C(=O)NCC(=O)NC(CO)C(=O)O. The van der Waals surface area contributed by atoms with Crippen LogP contribution >= 0.6 is 0 Å². The van der Waals surface area contributed by atoms with Crippen LogP contribution in [-0.2, 0) is 25.6 Å². The molecule has 0 fully saturated rings. The summed E-state index contributed by atoms with van der Waals surface area (Å²) in [7, 11) is 0. The highest BCUT2D eigenvalue weighted by atomic mass is 16.4. The lowest BCUT2D eigenvalue weighted by atomic mass is 10.0. The lowest BCUT2D eigenvalue weighted by molar-refractivity contribution is -0.142. The zero-order valence-corrected chi connectivity index (χ0v) is 17.1. The maximum atomic E-state index is 12.6. The van der Waals surface area contributed by atoms with Gasteiger partial charge in [-0.05, 0) is 17.9 Å². The van der Waals surface area contributed by atoms with Crippen LogP contribution in [0, 0.1) is 5.92 Å². The van der Waals surface area contributed by atoms with Crippen LogP contribution in [0.15, 0.2) is 30.3 Å². The number of nitrogens with two attached hydrogens (primary N) is 1. The van der Waals surface area contributed by atoms with E-state index in [0.717, 1.165) is 5.56 Å². The van der Waals surface area contributed by atoms with Gasteiger partial charge in [-0.2, -0.15) is 0 Å². The molecule has 0 saturated heterocycles. The summed E-state index contributed by atoms with van der Waals surface area (Å²) < 4.78 is 0. The molecule has 1 rings (SSSR count). The molecule has 0 aliphatic carbocycles. The number of aliphatic carboxylic acids is 1. The lowest BCUT2D eigenvalue weighted by Gasteiger charge is -2.21. The van der Waals surface area contributed by atoms with E-state index in [0.29, 0.717) is 6.42 Å². The van der Waals surface area contributed by atoms with E-state index < -0.39 is 55.0 Å². The second kappa shape index (κ2) is 12.6. The molecule has 166 valence electrons. The largest absolute Gasteiger partial charge is 0.480 e. The van der Waals surface area contributed by atoms with Crippen molar-refractivity contribution in [2.24, 2.45) is 11.7 Å². The van der Waals surface area contributed by atoms with E-state index in [1.807, 2.05) is 19.9 Å². The van der Waals surface area contributed by atoms with Gasteiger partial charge in [0, 0.05) is 6.42 Å². The summed E-state index contributed by atoms with van der Waals surface area (Å²) in [4.78, 5) is 47.7. The molecule has 0 saturated carbocycles. The maximum Gasteiger partial charge on any atom is 0.328 e. The average Bonchev–Trinajstić information content (AvgIpc) is 2.69. The zero-order chi connectivity index (χ0) is 22.7. The number of aliphatic hydroxyl groups is 1. The molecule has 3 unspecified atom stereocenters. The van der Waals surface area contributed by atoms with E-state index >= 15 is 0 Å². The van der Waals surface area contributed by atoms with Crippen LogP contribution in [-0.4, -0.2) is 65.2 Å². The first-order valence-corrected chi connectivity index (χ1v) is 9.64. The minimum Gasteiger partial charge on any atom is -0.480 e. The van der Waals surface area contributed by atoms with Crippen molar-refractivity contribution in [3.63, 3.8) is 0 Å². The Hall–Kier alpha value is -2.98. The highest BCUT2D eigenvalue weighted by Crippen LogP contribution is 2.06. The Morgan fingerprint density at radius 1 is 1.00 bits per heavy atom. The quantitative estimate of drug-likeness (QED) is 0.245. The first-order valence-electron chi connectivity index (χ1n) is 9.64. The molecule has 0 heterocycles. The summed E-state index contributed by atoms with van der Waals surface area (Å²) >= 11 is 0. The van der Waals surface area contributed by atoms with Crippen LogP contribution < -0.4 is 21.7 Å². The number of carbonyl (C=O) groups is 4. The number of benzene rings is 1. The molecule has 10 nitrogen and oxygen atoms in total. The van der Waals surface area contributed by atoms with Gasteiger partial charge in [0.25, 0.3) is 0 Å². The number of carboxylic acids is 1. The van der Waals surface area contributed by atoms with Gasteiger partial charge >= 0.3 is 5.97 Å². The van der Waals surface area contributed by atoms with E-state index in [2.05, 4.69) is 16.0 Å². The van der Waals surface area contributed by atoms with Crippen molar-refractivity contribution in [3.8, 4) is 0 Å². The molecule has 3 atom stereocenters. The number of amides is 3. The lowest BCUT2D eigenvalue weighted by Crippen LogP contribution is -2.54. The summed E-state index contributed by atoms with van der Waals surface area (Å²) in [6.45, 7) is 2.56. The Morgan fingerprint density at radius 3 is 2.17 bits per heavy atom. The van der Waals surface area contributed by atoms with Gasteiger partial charge in [-0.1, -0.05) is 44.2 Å². The minimum atomic E-state index is -1.47. The summed E-state index contributed by atoms with van der Waals surface area (Å²) in [5, 5.41) is 24.9. The van der Waals surface area contributed by atoms with Crippen molar-refractivity contribution in [2.75, 3.05) is 13.2 Å². The number of aliphatic hydroxyl groups excluding tert-OH is 1. The molecule has 0 aromatic heterocycles. The molecular weight excluding hydrogens is 392 g/mol. The third-order valence-corrected chi connectivity index (χ3v) is 4.22. The van der Waals surface area contributed by atoms with Crippen LogP contribution in [0.3, 0.4) is 0 Å². The van der Waals surface area contributed by atoms with Crippen molar-refractivity contribution in [3.05, 3.63) is 35.9 Å². The smallest absolute Gasteiger partial charge is 0.328 e. The van der Waals surface area contributed by atoms with Crippen molar-refractivity contribution < 1.29 is 29.4 Å². The van der Waals surface area contributed by atoms with Crippen molar-refractivity contribution in [1.82, 2.24) is 16.0 Å². The molecule has 0 radical (unpaired) electrons. The topological polar surface area (TPSA) is 171 Å². The van der Waals surface area contributed by atoms with E-state index in [4.69, 9.17) is 15.9 Å². The fraction of sp³-hybridized carbons (Fsp3) is 0.500. The molecule has 0 bridgehead atoms. The normalized spacial score (nSPS) is 13.8. The second-order valence-corrected chi connectivity index (χ2v) is 7.35. The van der Waals surface area contributed by atoms with Crippen LogP contribution in [0.4, 0.5) is 0 Å². The van der Waals surface area contributed by atoms with Crippen molar-refractivity contribution in [1.29, 1.82) is 0 Å². The molecular formula is C20H30N4O6. The molecule has 1 aromatic rings. The van der Waals surface area contributed by atoms with Crippen molar-refractivity contribution >= 4 is 23.7 Å². The molecule has 3 amide bonds. The Kier molecular flexibility index (Phi) is 10.5. The van der Waals surface area contributed by atoms with Gasteiger partial charge in [0.15, 0.2) is 0 Å². The zero-order valence-electron chi connectivity index (χ0n) is 17.1. The average molecular weight is 422 g/mol. The predicted molar refractivity (Wildman–Crippen MR) is 109 cm³/mol. The first kappa shape index (κ1) is 25.1. The first-order chi connectivity index (χ1) is 14.1. The van der Waals surface area contributed by atoms with Crippen LogP contribution in [0.2, 0.25) is 0 Å². The molecule has 1 aromatic carbocycles.